The van der Waals surface area contributed by atoms with E-state index in [0.717, 1.165) is 24.7 Å². The van der Waals surface area contributed by atoms with E-state index >= 15 is 0 Å². The summed E-state index contributed by atoms with van der Waals surface area (Å²) >= 11 is 7.63. The zero-order valence-corrected chi connectivity index (χ0v) is 20.3. The fourth-order valence-corrected chi connectivity index (χ4v) is 4.49. The smallest absolute Gasteiger partial charge is 0.330 e. The Balaban J connectivity index is 2.72. The molecule has 3 unspecified atom stereocenters. The first-order chi connectivity index (χ1) is 13.5. The lowest BCUT2D eigenvalue weighted by molar-refractivity contribution is -0.138. The highest BCUT2D eigenvalue weighted by Gasteiger charge is 2.21. The Labute approximate surface area is 187 Å². The van der Waals surface area contributed by atoms with Crippen molar-refractivity contribution in [3.63, 3.8) is 0 Å². The predicted octanol–water partition coefficient (Wildman–Crippen LogP) is 7.18. The maximum absolute atomic E-state index is 11.2. The summed E-state index contributed by atoms with van der Waals surface area (Å²) in [6.45, 7) is 8.39. The molecule has 0 heterocycles. The van der Waals surface area contributed by atoms with Crippen LogP contribution in [-0.4, -0.2) is 28.8 Å². The topological polar surface area (TPSA) is 35.5 Å². The first-order valence-electron chi connectivity index (χ1n) is 10.3. The minimum atomic E-state index is -0.423. The maximum Gasteiger partial charge on any atom is 0.330 e. The lowest BCUT2D eigenvalue weighted by Crippen LogP contribution is -2.14. The Morgan fingerprint density at radius 1 is 1.14 bits per heavy atom. The van der Waals surface area contributed by atoms with Gasteiger partial charge in [0, 0.05) is 15.7 Å². The zero-order chi connectivity index (χ0) is 20.8. The van der Waals surface area contributed by atoms with Gasteiger partial charge in [-0.15, -0.1) is 0 Å². The molecule has 0 bridgehead atoms. The molecular weight excluding hydrogens is 484 g/mol. The number of carbonyl (C=O) groups is 1. The maximum atomic E-state index is 11.2. The summed E-state index contributed by atoms with van der Waals surface area (Å²) in [4.78, 5) is 12.1. The van der Waals surface area contributed by atoms with Gasteiger partial charge in [-0.25, -0.2) is 4.79 Å². The molecule has 0 aliphatic rings. The average molecular weight is 518 g/mol. The summed E-state index contributed by atoms with van der Waals surface area (Å²) < 4.78 is 11.0. The number of para-hydroxylation sites is 1. The van der Waals surface area contributed by atoms with E-state index in [1.165, 1.54) is 37.7 Å². The van der Waals surface area contributed by atoms with Gasteiger partial charge in [0.2, 0.25) is 0 Å². The number of hydrogen-bond acceptors (Lipinski definition) is 3. The van der Waals surface area contributed by atoms with Gasteiger partial charge in [-0.3, -0.25) is 0 Å². The van der Waals surface area contributed by atoms with E-state index in [1.807, 2.05) is 12.1 Å². The van der Waals surface area contributed by atoms with E-state index in [1.54, 1.807) is 0 Å². The third-order valence-electron chi connectivity index (χ3n) is 4.63. The molecule has 0 aliphatic heterocycles. The number of hydrogen-bond donors (Lipinski definition) is 0. The van der Waals surface area contributed by atoms with Crippen molar-refractivity contribution in [1.29, 1.82) is 0 Å². The molecule has 158 valence electrons. The largest absolute Gasteiger partial charge is 0.490 e. The molecule has 0 aromatic heterocycles. The molecule has 3 atom stereocenters. The van der Waals surface area contributed by atoms with Crippen LogP contribution in [0.5, 0.6) is 5.75 Å². The van der Waals surface area contributed by atoms with E-state index in [-0.39, 0.29) is 6.61 Å². The van der Waals surface area contributed by atoms with Crippen molar-refractivity contribution in [3.05, 3.63) is 42.5 Å². The zero-order valence-electron chi connectivity index (χ0n) is 17.2. The highest BCUT2D eigenvalue weighted by atomic mass is 79.9. The predicted molar refractivity (Wildman–Crippen MR) is 125 cm³/mol. The van der Waals surface area contributed by atoms with Gasteiger partial charge in [0.15, 0.2) is 0 Å². The number of benzene rings is 1. The van der Waals surface area contributed by atoms with Crippen LogP contribution in [0.25, 0.3) is 0 Å². The molecular formula is C23H34Br2O3. The molecule has 1 aromatic rings. The summed E-state index contributed by atoms with van der Waals surface area (Å²) in [6.07, 6.45) is 9.65. The minimum Gasteiger partial charge on any atom is -0.490 e. The number of rotatable bonds is 15. The SMILES string of the molecule is C=CC(=O)OCCOc1ccccc1C(CC(C)Br)CC(Br)CCCCCC. The summed E-state index contributed by atoms with van der Waals surface area (Å²) in [5.74, 6) is 0.853. The van der Waals surface area contributed by atoms with Crippen LogP contribution in [0.15, 0.2) is 36.9 Å². The van der Waals surface area contributed by atoms with Crippen LogP contribution in [0.4, 0.5) is 0 Å². The van der Waals surface area contributed by atoms with Gasteiger partial charge in [-0.2, -0.15) is 0 Å². The van der Waals surface area contributed by atoms with Crippen LogP contribution < -0.4 is 4.74 Å². The van der Waals surface area contributed by atoms with E-state index in [9.17, 15) is 4.79 Å². The normalized spacial score (nSPS) is 14.1. The average Bonchev–Trinajstić information content (AvgIpc) is 2.68. The molecule has 1 rings (SSSR count). The van der Waals surface area contributed by atoms with Crippen LogP contribution >= 0.6 is 31.9 Å². The van der Waals surface area contributed by atoms with Gasteiger partial charge in [0.05, 0.1) is 0 Å². The van der Waals surface area contributed by atoms with Gasteiger partial charge in [0.25, 0.3) is 0 Å². The van der Waals surface area contributed by atoms with Gasteiger partial charge in [0.1, 0.15) is 19.0 Å². The Morgan fingerprint density at radius 3 is 2.57 bits per heavy atom. The number of unbranched alkanes of at least 4 members (excludes halogenated alkanes) is 3. The Bertz CT molecular complexity index is 575. The van der Waals surface area contributed by atoms with Crippen molar-refractivity contribution >= 4 is 37.8 Å². The van der Waals surface area contributed by atoms with Crippen molar-refractivity contribution in [3.8, 4) is 5.75 Å². The Hall–Kier alpha value is -0.810. The fourth-order valence-electron chi connectivity index (χ4n) is 3.26. The molecule has 3 nitrogen and oxygen atoms in total. The molecule has 0 aliphatic carbocycles. The van der Waals surface area contributed by atoms with Crippen molar-refractivity contribution in [1.82, 2.24) is 0 Å². The first kappa shape index (κ1) is 25.2. The molecule has 0 spiro atoms. The van der Waals surface area contributed by atoms with Crippen LogP contribution in [0.2, 0.25) is 0 Å². The van der Waals surface area contributed by atoms with E-state index in [2.05, 4.69) is 64.4 Å². The quantitative estimate of drug-likeness (QED) is 0.107. The standard InChI is InChI=1S/C23H34Br2O3/c1-4-6-7-8-11-20(25)17-19(16-18(3)24)21-12-9-10-13-22(21)27-14-15-28-23(26)5-2/h5,9-10,12-13,18-20H,2,4,6-8,11,14-17H2,1,3H3. The highest BCUT2D eigenvalue weighted by Crippen LogP contribution is 2.37. The monoisotopic (exact) mass is 516 g/mol. The van der Waals surface area contributed by atoms with Crippen LogP contribution in [0.3, 0.4) is 0 Å². The molecule has 0 saturated heterocycles. The lowest BCUT2D eigenvalue weighted by Gasteiger charge is -2.24. The summed E-state index contributed by atoms with van der Waals surface area (Å²) in [5.41, 5.74) is 1.22. The number of esters is 1. The second kappa shape index (κ2) is 15.1. The molecule has 5 heteroatoms. The Morgan fingerprint density at radius 2 is 1.89 bits per heavy atom. The van der Waals surface area contributed by atoms with Crippen LogP contribution in [0.1, 0.15) is 70.3 Å². The molecule has 1 aromatic carbocycles. The summed E-state index contributed by atoms with van der Waals surface area (Å²) in [7, 11) is 0. The first-order valence-corrected chi connectivity index (χ1v) is 12.1. The summed E-state index contributed by atoms with van der Waals surface area (Å²) in [6, 6.07) is 8.21. The number of halogens is 2. The second-order valence-electron chi connectivity index (χ2n) is 7.15. The molecule has 0 saturated carbocycles. The number of carbonyl (C=O) groups excluding carboxylic acids is 1. The highest BCUT2D eigenvalue weighted by molar-refractivity contribution is 9.09. The van der Waals surface area contributed by atoms with E-state index in [0.29, 0.717) is 22.2 Å². The third kappa shape index (κ3) is 10.7. The van der Waals surface area contributed by atoms with Crippen molar-refractivity contribution in [2.75, 3.05) is 13.2 Å². The second-order valence-corrected chi connectivity index (χ2v) is 10.0. The van der Waals surface area contributed by atoms with Crippen molar-refractivity contribution in [2.45, 2.75) is 74.4 Å². The van der Waals surface area contributed by atoms with Crippen molar-refractivity contribution < 1.29 is 14.3 Å². The van der Waals surface area contributed by atoms with E-state index < -0.39 is 5.97 Å². The fraction of sp³-hybridized carbons (Fsp3) is 0.609. The van der Waals surface area contributed by atoms with Gasteiger partial charge < -0.3 is 9.47 Å². The number of ether oxygens (including phenoxy) is 2. The van der Waals surface area contributed by atoms with Crippen LogP contribution in [0, 0.1) is 0 Å². The van der Waals surface area contributed by atoms with Crippen LogP contribution in [-0.2, 0) is 9.53 Å². The van der Waals surface area contributed by atoms with Gasteiger partial charge in [-0.05, 0) is 36.8 Å². The van der Waals surface area contributed by atoms with Crippen molar-refractivity contribution in [2.24, 2.45) is 0 Å². The minimum absolute atomic E-state index is 0.219. The molecule has 28 heavy (non-hydrogen) atoms. The third-order valence-corrected chi connectivity index (χ3v) is 5.84. The number of alkyl halides is 2. The summed E-state index contributed by atoms with van der Waals surface area (Å²) in [5, 5.41) is 0. The lowest BCUT2D eigenvalue weighted by atomic mass is 9.88. The molecule has 0 amide bonds. The van der Waals surface area contributed by atoms with E-state index in [4.69, 9.17) is 9.47 Å². The van der Waals surface area contributed by atoms with Gasteiger partial charge in [-0.1, -0.05) is 96.2 Å². The molecule has 0 fully saturated rings. The molecule has 0 radical (unpaired) electrons. The van der Waals surface area contributed by atoms with Gasteiger partial charge >= 0.3 is 5.97 Å². The Kier molecular flexibility index (Phi) is 13.6. The molecule has 0 N–H and O–H groups in total.